The highest BCUT2D eigenvalue weighted by Crippen LogP contribution is 2.23. The molecule has 7 heteroatoms. The van der Waals surface area contributed by atoms with Crippen LogP contribution in [0.2, 0.25) is 5.02 Å². The maximum Gasteiger partial charge on any atom is 0.251 e. The molecule has 3 aromatic rings. The number of halogens is 1. The van der Waals surface area contributed by atoms with Gasteiger partial charge in [-0.3, -0.25) is 4.79 Å². The molecule has 0 unspecified atom stereocenters. The predicted octanol–water partition coefficient (Wildman–Crippen LogP) is 3.54. The first-order valence-corrected chi connectivity index (χ1v) is 7.88. The van der Waals surface area contributed by atoms with E-state index in [0.717, 1.165) is 11.1 Å². The molecule has 0 aliphatic carbocycles. The molecule has 0 saturated heterocycles. The van der Waals surface area contributed by atoms with Gasteiger partial charge in [0.15, 0.2) is 0 Å². The Morgan fingerprint density at radius 3 is 2.83 bits per heavy atom. The molecule has 0 bridgehead atoms. The van der Waals surface area contributed by atoms with E-state index in [1.54, 1.807) is 18.4 Å². The van der Waals surface area contributed by atoms with E-state index in [0.29, 0.717) is 35.5 Å². The van der Waals surface area contributed by atoms with E-state index in [2.05, 4.69) is 15.5 Å². The molecule has 124 valence electrons. The first-order valence-electron chi connectivity index (χ1n) is 7.50. The van der Waals surface area contributed by atoms with Crippen molar-refractivity contribution in [3.8, 4) is 11.5 Å². The van der Waals surface area contributed by atoms with Gasteiger partial charge in [-0.2, -0.15) is 0 Å². The van der Waals surface area contributed by atoms with Gasteiger partial charge in [-0.1, -0.05) is 29.8 Å². The number of carbonyl (C=O) groups is 1. The van der Waals surface area contributed by atoms with Crippen molar-refractivity contribution >= 4 is 17.5 Å². The summed E-state index contributed by atoms with van der Waals surface area (Å²) < 4.78 is 10.8. The van der Waals surface area contributed by atoms with E-state index < -0.39 is 0 Å². The van der Waals surface area contributed by atoms with E-state index in [9.17, 15) is 4.79 Å². The second-order valence-electron chi connectivity index (χ2n) is 5.26. The first-order chi connectivity index (χ1) is 11.6. The van der Waals surface area contributed by atoms with Crippen LogP contribution in [0, 0.1) is 6.92 Å². The molecule has 24 heavy (non-hydrogen) atoms. The molecule has 0 fully saturated rings. The van der Waals surface area contributed by atoms with Gasteiger partial charge in [0.05, 0.1) is 11.8 Å². The van der Waals surface area contributed by atoms with Gasteiger partial charge in [0.2, 0.25) is 11.8 Å². The fraction of sp³-hybridized carbons (Fsp3) is 0.235. The molecule has 0 saturated carbocycles. The predicted molar refractivity (Wildman–Crippen MR) is 88.4 cm³/mol. The zero-order valence-corrected chi connectivity index (χ0v) is 13.8. The molecule has 1 aromatic carbocycles. The highest BCUT2D eigenvalue weighted by atomic mass is 35.5. The maximum absolute atomic E-state index is 11.9. The zero-order valence-electron chi connectivity index (χ0n) is 13.1. The Bertz CT molecular complexity index is 841. The molecular formula is C17H16ClN3O3. The van der Waals surface area contributed by atoms with E-state index in [1.807, 2.05) is 25.1 Å². The summed E-state index contributed by atoms with van der Waals surface area (Å²) in [4.78, 5) is 11.9. The molecule has 3 rings (SSSR count). The number of benzene rings is 1. The lowest BCUT2D eigenvalue weighted by Gasteiger charge is -2.06. The Hall–Kier alpha value is -2.60. The lowest BCUT2D eigenvalue weighted by atomic mass is 10.2. The summed E-state index contributed by atoms with van der Waals surface area (Å²) in [5.74, 6) is 1.42. The minimum atomic E-state index is -0.103. The summed E-state index contributed by atoms with van der Waals surface area (Å²) in [5, 5.41) is 11.4. The monoisotopic (exact) mass is 345 g/mol. The van der Waals surface area contributed by atoms with Gasteiger partial charge >= 0.3 is 0 Å². The summed E-state index contributed by atoms with van der Waals surface area (Å²) in [7, 11) is 0. The van der Waals surface area contributed by atoms with Gasteiger partial charge in [0, 0.05) is 24.4 Å². The lowest BCUT2D eigenvalue weighted by Crippen LogP contribution is -2.23. The number of amides is 1. The van der Waals surface area contributed by atoms with Gasteiger partial charge < -0.3 is 14.2 Å². The van der Waals surface area contributed by atoms with Gasteiger partial charge in [-0.05, 0) is 24.6 Å². The van der Waals surface area contributed by atoms with Crippen molar-refractivity contribution in [3.63, 3.8) is 0 Å². The fourth-order valence-corrected chi connectivity index (χ4v) is 2.42. The Morgan fingerprint density at radius 2 is 2.08 bits per heavy atom. The van der Waals surface area contributed by atoms with E-state index >= 15 is 0 Å². The van der Waals surface area contributed by atoms with Crippen molar-refractivity contribution < 1.29 is 13.6 Å². The molecule has 2 heterocycles. The second-order valence-corrected chi connectivity index (χ2v) is 5.67. The third-order valence-corrected chi connectivity index (χ3v) is 3.92. The van der Waals surface area contributed by atoms with Crippen LogP contribution >= 0.6 is 11.6 Å². The van der Waals surface area contributed by atoms with Crippen molar-refractivity contribution in [1.82, 2.24) is 15.5 Å². The van der Waals surface area contributed by atoms with Crippen LogP contribution in [0.1, 0.15) is 23.6 Å². The quantitative estimate of drug-likeness (QED) is 0.739. The van der Waals surface area contributed by atoms with Crippen LogP contribution in [0.25, 0.3) is 11.5 Å². The Morgan fingerprint density at radius 1 is 1.25 bits per heavy atom. The number of furan rings is 1. The highest BCUT2D eigenvalue weighted by molar-refractivity contribution is 6.31. The minimum Gasteiger partial charge on any atom is -0.469 e. The lowest BCUT2D eigenvalue weighted by molar-refractivity contribution is -0.121. The molecule has 1 amide bonds. The largest absolute Gasteiger partial charge is 0.469 e. The van der Waals surface area contributed by atoms with E-state index in [-0.39, 0.29) is 12.3 Å². The first kappa shape index (κ1) is 16.3. The maximum atomic E-state index is 11.9. The third kappa shape index (κ3) is 3.83. The SMILES string of the molecule is Cc1occc1-c1nnc(CCC(=O)NCc2ccccc2Cl)o1. The standard InChI is InChI=1S/C17H16ClN3O3/c1-11-13(8-9-23-11)17-21-20-16(24-17)7-6-15(22)19-10-12-4-2-3-5-14(12)18/h2-5,8-9H,6-7,10H2,1H3,(H,19,22). The van der Waals surface area contributed by atoms with Crippen molar-refractivity contribution in [1.29, 1.82) is 0 Å². The minimum absolute atomic E-state index is 0.103. The average Bonchev–Trinajstić information content (AvgIpc) is 3.20. The van der Waals surface area contributed by atoms with Crippen LogP contribution in [0.4, 0.5) is 0 Å². The number of rotatable bonds is 6. The summed E-state index contributed by atoms with van der Waals surface area (Å²) in [6, 6.07) is 9.16. The molecule has 0 atom stereocenters. The second kappa shape index (κ2) is 7.31. The van der Waals surface area contributed by atoms with Crippen LogP contribution in [-0.4, -0.2) is 16.1 Å². The van der Waals surface area contributed by atoms with Gasteiger partial charge in [-0.25, -0.2) is 0 Å². The summed E-state index contributed by atoms with van der Waals surface area (Å²) in [6.07, 6.45) is 2.20. The van der Waals surface area contributed by atoms with Gasteiger partial charge in [-0.15, -0.1) is 10.2 Å². The molecule has 0 aliphatic heterocycles. The molecular weight excluding hydrogens is 330 g/mol. The Kier molecular flexibility index (Phi) is 4.96. The molecule has 6 nitrogen and oxygen atoms in total. The number of hydrogen-bond acceptors (Lipinski definition) is 5. The molecule has 2 aromatic heterocycles. The van der Waals surface area contributed by atoms with Crippen molar-refractivity contribution in [2.75, 3.05) is 0 Å². The number of aromatic nitrogens is 2. The number of nitrogens with zero attached hydrogens (tertiary/aromatic N) is 2. The molecule has 0 radical (unpaired) electrons. The molecule has 1 N–H and O–H groups in total. The fourth-order valence-electron chi connectivity index (χ4n) is 2.21. The van der Waals surface area contributed by atoms with Crippen molar-refractivity contribution in [2.45, 2.75) is 26.3 Å². The van der Waals surface area contributed by atoms with Crippen LogP contribution < -0.4 is 5.32 Å². The van der Waals surface area contributed by atoms with Crippen molar-refractivity contribution in [2.24, 2.45) is 0 Å². The van der Waals surface area contributed by atoms with Crippen LogP contribution in [0.5, 0.6) is 0 Å². The van der Waals surface area contributed by atoms with Crippen molar-refractivity contribution in [3.05, 3.63) is 58.8 Å². The van der Waals surface area contributed by atoms with Crippen LogP contribution in [-0.2, 0) is 17.8 Å². The van der Waals surface area contributed by atoms with E-state index in [4.69, 9.17) is 20.4 Å². The third-order valence-electron chi connectivity index (χ3n) is 3.56. The number of carbonyl (C=O) groups excluding carboxylic acids is 1. The molecule has 0 aliphatic rings. The van der Waals surface area contributed by atoms with Crippen LogP contribution in [0.3, 0.4) is 0 Å². The van der Waals surface area contributed by atoms with E-state index in [1.165, 1.54) is 0 Å². The summed E-state index contributed by atoms with van der Waals surface area (Å²) in [5.41, 5.74) is 1.64. The zero-order chi connectivity index (χ0) is 16.9. The summed E-state index contributed by atoms with van der Waals surface area (Å²) >= 11 is 6.05. The van der Waals surface area contributed by atoms with Crippen LogP contribution in [0.15, 0.2) is 45.4 Å². The smallest absolute Gasteiger partial charge is 0.251 e. The van der Waals surface area contributed by atoms with Gasteiger partial charge in [0.1, 0.15) is 5.76 Å². The van der Waals surface area contributed by atoms with Gasteiger partial charge in [0.25, 0.3) is 5.89 Å². The number of nitrogens with one attached hydrogen (secondary N) is 1. The molecule has 0 spiro atoms. The number of aryl methyl sites for hydroxylation is 2. The Balaban J connectivity index is 1.51. The highest BCUT2D eigenvalue weighted by Gasteiger charge is 2.14. The average molecular weight is 346 g/mol. The normalized spacial score (nSPS) is 10.8. The number of hydrogen-bond donors (Lipinski definition) is 1. The Labute approximate surface area is 143 Å². The topological polar surface area (TPSA) is 81.2 Å². The summed E-state index contributed by atoms with van der Waals surface area (Å²) in [6.45, 7) is 2.21.